The topological polar surface area (TPSA) is 62.7 Å². The van der Waals surface area contributed by atoms with Crippen molar-refractivity contribution in [2.75, 3.05) is 10.6 Å². The highest BCUT2D eigenvalue weighted by atomic mass is 79.9. The van der Waals surface area contributed by atoms with E-state index in [0.29, 0.717) is 12.0 Å². The summed E-state index contributed by atoms with van der Waals surface area (Å²) in [6.45, 7) is 6.32. The molecule has 0 radical (unpaired) electrons. The third-order valence-electron chi connectivity index (χ3n) is 4.14. The van der Waals surface area contributed by atoms with E-state index in [1.165, 1.54) is 0 Å². The van der Waals surface area contributed by atoms with E-state index in [2.05, 4.69) is 68.4 Å². The lowest BCUT2D eigenvalue weighted by Crippen LogP contribution is -2.16. The molecule has 0 amide bonds. The van der Waals surface area contributed by atoms with Gasteiger partial charge in [0.05, 0.1) is 5.69 Å². The van der Waals surface area contributed by atoms with Crippen LogP contribution in [0.1, 0.15) is 25.8 Å². The van der Waals surface area contributed by atoms with Crippen LogP contribution in [0.5, 0.6) is 0 Å². The number of aromatic nitrogens is 3. The molecule has 0 fully saturated rings. The van der Waals surface area contributed by atoms with Crippen molar-refractivity contribution in [1.29, 1.82) is 0 Å². The largest absolute Gasteiger partial charge is 0.352 e. The number of nitrogens with zero attached hydrogens (tertiary/aromatic N) is 3. The fraction of sp³-hybridized carbons (Fsp3) is 0.250. The summed E-state index contributed by atoms with van der Waals surface area (Å²) in [6.07, 6.45) is 4.54. The Morgan fingerprint density at radius 1 is 1.08 bits per heavy atom. The first kappa shape index (κ1) is 18.3. The Hall–Kier alpha value is -2.47. The summed E-state index contributed by atoms with van der Waals surface area (Å²) in [5.74, 6) is 1.37. The molecule has 6 heteroatoms. The molecular formula is C20H22BrN5. The highest BCUT2D eigenvalue weighted by Gasteiger charge is 2.10. The van der Waals surface area contributed by atoms with Gasteiger partial charge in [0.2, 0.25) is 5.95 Å². The summed E-state index contributed by atoms with van der Waals surface area (Å²) in [6, 6.07) is 12.3. The molecule has 0 aliphatic carbocycles. The Morgan fingerprint density at radius 3 is 2.54 bits per heavy atom. The predicted octanol–water partition coefficient (Wildman–Crippen LogP) is 5.56. The quantitative estimate of drug-likeness (QED) is 0.555. The lowest BCUT2D eigenvalue weighted by atomic mass is 10.2. The van der Waals surface area contributed by atoms with Crippen LogP contribution < -0.4 is 10.6 Å². The zero-order valence-electron chi connectivity index (χ0n) is 15.1. The van der Waals surface area contributed by atoms with Crippen LogP contribution in [-0.2, 0) is 0 Å². The van der Waals surface area contributed by atoms with E-state index in [1.807, 2.05) is 30.3 Å². The molecule has 26 heavy (non-hydrogen) atoms. The first-order valence-electron chi connectivity index (χ1n) is 8.64. The molecule has 1 atom stereocenters. The van der Waals surface area contributed by atoms with Crippen molar-refractivity contribution in [3.8, 4) is 11.3 Å². The van der Waals surface area contributed by atoms with Crippen LogP contribution in [0, 0.1) is 6.92 Å². The Labute approximate surface area is 162 Å². The molecule has 0 unspecified atom stereocenters. The van der Waals surface area contributed by atoms with Gasteiger partial charge in [0.1, 0.15) is 5.82 Å². The maximum atomic E-state index is 4.67. The third-order valence-corrected chi connectivity index (χ3v) is 4.63. The van der Waals surface area contributed by atoms with Crippen LogP contribution in [0.25, 0.3) is 11.3 Å². The predicted molar refractivity (Wildman–Crippen MR) is 111 cm³/mol. The number of halogens is 1. The molecular weight excluding hydrogens is 390 g/mol. The molecule has 0 saturated carbocycles. The fourth-order valence-electron chi connectivity index (χ4n) is 2.47. The lowest BCUT2D eigenvalue weighted by Gasteiger charge is -2.15. The molecule has 3 aromatic rings. The maximum Gasteiger partial charge on any atom is 0.225 e. The number of benzene rings is 1. The van der Waals surface area contributed by atoms with Crippen molar-refractivity contribution in [3.63, 3.8) is 0 Å². The van der Waals surface area contributed by atoms with Gasteiger partial charge in [0.15, 0.2) is 0 Å². The summed E-state index contributed by atoms with van der Waals surface area (Å²) >= 11 is 3.50. The zero-order valence-corrected chi connectivity index (χ0v) is 16.7. The van der Waals surface area contributed by atoms with Crippen molar-refractivity contribution >= 4 is 33.4 Å². The van der Waals surface area contributed by atoms with Gasteiger partial charge in [-0.3, -0.25) is 4.98 Å². The minimum absolute atomic E-state index is 0.296. The van der Waals surface area contributed by atoms with E-state index in [0.717, 1.165) is 39.2 Å². The summed E-state index contributed by atoms with van der Waals surface area (Å²) < 4.78 is 1.06. The molecule has 0 saturated heterocycles. The highest BCUT2D eigenvalue weighted by molar-refractivity contribution is 9.10. The zero-order chi connectivity index (χ0) is 18.5. The smallest absolute Gasteiger partial charge is 0.225 e. The van der Waals surface area contributed by atoms with Gasteiger partial charge in [-0.15, -0.1) is 0 Å². The Bertz CT molecular complexity index is 883. The number of aryl methyl sites for hydroxylation is 1. The van der Waals surface area contributed by atoms with Gasteiger partial charge in [-0.05, 0) is 56.2 Å². The second-order valence-corrected chi connectivity index (χ2v) is 7.15. The van der Waals surface area contributed by atoms with E-state index in [9.17, 15) is 0 Å². The fourth-order valence-corrected chi connectivity index (χ4v) is 2.95. The molecule has 2 heterocycles. The lowest BCUT2D eigenvalue weighted by molar-refractivity contribution is 0.753. The van der Waals surface area contributed by atoms with Crippen LogP contribution in [0.4, 0.5) is 17.5 Å². The summed E-state index contributed by atoms with van der Waals surface area (Å²) in [5, 5.41) is 6.78. The van der Waals surface area contributed by atoms with Crippen LogP contribution in [-0.4, -0.2) is 21.0 Å². The van der Waals surface area contributed by atoms with Gasteiger partial charge < -0.3 is 10.6 Å². The maximum absolute atomic E-state index is 4.67. The molecule has 2 N–H and O–H groups in total. The Balaban J connectivity index is 1.98. The summed E-state index contributed by atoms with van der Waals surface area (Å²) in [7, 11) is 0. The number of hydrogen-bond acceptors (Lipinski definition) is 5. The molecule has 0 bridgehead atoms. The van der Waals surface area contributed by atoms with E-state index in [-0.39, 0.29) is 0 Å². The molecule has 1 aromatic carbocycles. The average molecular weight is 412 g/mol. The van der Waals surface area contributed by atoms with Crippen molar-refractivity contribution in [3.05, 3.63) is 58.8 Å². The molecule has 0 aliphatic heterocycles. The minimum Gasteiger partial charge on any atom is -0.352 e. The second kappa shape index (κ2) is 8.27. The van der Waals surface area contributed by atoms with Crippen LogP contribution in [0.15, 0.2) is 53.3 Å². The number of pyridine rings is 1. The molecule has 0 aliphatic rings. The summed E-state index contributed by atoms with van der Waals surface area (Å²) in [4.78, 5) is 13.4. The van der Waals surface area contributed by atoms with Gasteiger partial charge in [-0.1, -0.05) is 22.9 Å². The van der Waals surface area contributed by atoms with E-state index in [1.54, 1.807) is 12.4 Å². The molecule has 3 rings (SSSR count). The molecule has 134 valence electrons. The van der Waals surface area contributed by atoms with E-state index < -0.39 is 0 Å². The van der Waals surface area contributed by atoms with Gasteiger partial charge in [0, 0.05) is 40.2 Å². The summed E-state index contributed by atoms with van der Waals surface area (Å²) in [5.41, 5.74) is 4.01. The second-order valence-electron chi connectivity index (χ2n) is 6.24. The Morgan fingerprint density at radius 2 is 1.85 bits per heavy atom. The van der Waals surface area contributed by atoms with Gasteiger partial charge >= 0.3 is 0 Å². The third kappa shape index (κ3) is 4.58. The number of anilines is 3. The first-order chi connectivity index (χ1) is 12.5. The number of nitrogens with one attached hydrogen (secondary N) is 2. The first-order valence-corrected chi connectivity index (χ1v) is 9.43. The van der Waals surface area contributed by atoms with Crippen LogP contribution >= 0.6 is 15.9 Å². The van der Waals surface area contributed by atoms with Crippen LogP contribution in [0.2, 0.25) is 0 Å². The molecule has 2 aromatic heterocycles. The van der Waals surface area contributed by atoms with Crippen molar-refractivity contribution in [2.45, 2.75) is 33.2 Å². The van der Waals surface area contributed by atoms with Gasteiger partial charge in [-0.2, -0.15) is 4.98 Å². The SMILES string of the molecule is CC[C@@H](C)Nc1nc(Nc2ccc(Br)cc2C)cc(-c2ccncc2)n1. The van der Waals surface area contributed by atoms with Gasteiger partial charge in [0.25, 0.3) is 0 Å². The normalized spacial score (nSPS) is 11.8. The number of hydrogen-bond donors (Lipinski definition) is 2. The van der Waals surface area contributed by atoms with E-state index in [4.69, 9.17) is 0 Å². The van der Waals surface area contributed by atoms with Crippen molar-refractivity contribution in [1.82, 2.24) is 15.0 Å². The van der Waals surface area contributed by atoms with E-state index >= 15 is 0 Å². The highest BCUT2D eigenvalue weighted by Crippen LogP contribution is 2.26. The molecule has 0 spiro atoms. The Kier molecular flexibility index (Phi) is 5.83. The van der Waals surface area contributed by atoms with Crippen molar-refractivity contribution < 1.29 is 0 Å². The van der Waals surface area contributed by atoms with Gasteiger partial charge in [-0.25, -0.2) is 4.98 Å². The minimum atomic E-state index is 0.296. The van der Waals surface area contributed by atoms with Crippen LogP contribution in [0.3, 0.4) is 0 Å². The molecule has 5 nitrogen and oxygen atoms in total. The monoisotopic (exact) mass is 411 g/mol. The standard InChI is InChI=1S/C20H22BrN5/c1-4-14(3)23-20-25-18(15-7-9-22-10-8-15)12-19(26-20)24-17-6-5-16(21)11-13(17)2/h5-12,14H,4H2,1-3H3,(H2,23,24,25,26)/t14-/m1/s1. The number of rotatable bonds is 6. The average Bonchev–Trinajstić information content (AvgIpc) is 2.64. The van der Waals surface area contributed by atoms with Crippen molar-refractivity contribution in [2.24, 2.45) is 0 Å².